The molecule has 0 spiro atoms. The highest BCUT2D eigenvalue weighted by atomic mass is 32.2. The Hall–Kier alpha value is -0.650. The molecule has 0 heterocycles. The summed E-state index contributed by atoms with van der Waals surface area (Å²) >= 11 is 0. The Bertz CT molecular complexity index is 207. The molecular weight excluding hydrogens is 163 g/mol. The van der Waals surface area contributed by atoms with Crippen molar-refractivity contribution in [3.63, 3.8) is 0 Å². The van der Waals surface area contributed by atoms with E-state index in [4.69, 9.17) is 5.11 Å². The van der Waals surface area contributed by atoms with Crippen LogP contribution in [0.4, 0.5) is 4.39 Å². The summed E-state index contributed by atoms with van der Waals surface area (Å²) in [6.45, 7) is 0. The van der Waals surface area contributed by atoms with E-state index >= 15 is 0 Å². The maximum Gasteiger partial charge on any atom is 0.304 e. The van der Waals surface area contributed by atoms with E-state index in [1.165, 1.54) is 0 Å². The minimum Gasteiger partial charge on any atom is -0.481 e. The van der Waals surface area contributed by atoms with Gasteiger partial charge in [0.05, 0.1) is 12.2 Å². The first-order valence-electron chi connectivity index (χ1n) is 2.46. The van der Waals surface area contributed by atoms with Gasteiger partial charge in [-0.15, -0.1) is 0 Å². The lowest BCUT2D eigenvalue weighted by Crippen LogP contribution is -2.11. The maximum atomic E-state index is 11.4. The SMILES string of the molecule is O=C(O)CCS(=O)(=O)CF. The van der Waals surface area contributed by atoms with E-state index in [2.05, 4.69) is 0 Å². The molecule has 0 radical (unpaired) electrons. The first-order chi connectivity index (χ1) is 4.48. The van der Waals surface area contributed by atoms with Crippen LogP contribution in [0.15, 0.2) is 0 Å². The Morgan fingerprint density at radius 3 is 2.30 bits per heavy atom. The summed E-state index contributed by atoms with van der Waals surface area (Å²) in [5.74, 6) is -1.87. The van der Waals surface area contributed by atoms with Gasteiger partial charge in [-0.2, -0.15) is 0 Å². The van der Waals surface area contributed by atoms with Gasteiger partial charge in [0.25, 0.3) is 0 Å². The van der Waals surface area contributed by atoms with Crippen LogP contribution in [0.5, 0.6) is 0 Å². The fraction of sp³-hybridized carbons (Fsp3) is 0.750. The van der Waals surface area contributed by atoms with Crippen molar-refractivity contribution < 1.29 is 22.7 Å². The minimum atomic E-state index is -3.76. The quantitative estimate of drug-likeness (QED) is 0.634. The molecule has 0 unspecified atom stereocenters. The Morgan fingerprint density at radius 1 is 1.50 bits per heavy atom. The number of sulfone groups is 1. The fourth-order valence-corrected chi connectivity index (χ4v) is 0.892. The number of rotatable bonds is 4. The summed E-state index contributed by atoms with van der Waals surface area (Å²) in [5, 5.41) is 7.99. The van der Waals surface area contributed by atoms with Crippen molar-refractivity contribution in [3.8, 4) is 0 Å². The van der Waals surface area contributed by atoms with E-state index in [1.54, 1.807) is 0 Å². The molecule has 0 aliphatic heterocycles. The molecule has 0 rings (SSSR count). The van der Waals surface area contributed by atoms with Gasteiger partial charge in [0.15, 0.2) is 15.8 Å². The second kappa shape index (κ2) is 3.50. The van der Waals surface area contributed by atoms with Crippen LogP contribution in [0.25, 0.3) is 0 Å². The normalized spacial score (nSPS) is 11.3. The zero-order valence-electron chi connectivity index (χ0n) is 5.08. The van der Waals surface area contributed by atoms with Gasteiger partial charge in [-0.05, 0) is 0 Å². The van der Waals surface area contributed by atoms with Gasteiger partial charge in [0, 0.05) is 0 Å². The number of halogens is 1. The van der Waals surface area contributed by atoms with Crippen LogP contribution in [0, 0.1) is 0 Å². The van der Waals surface area contributed by atoms with Gasteiger partial charge >= 0.3 is 5.97 Å². The predicted molar refractivity (Wildman–Crippen MR) is 32.0 cm³/mol. The monoisotopic (exact) mass is 170 g/mol. The molecule has 1 N–H and O–H groups in total. The molecule has 0 amide bonds. The van der Waals surface area contributed by atoms with Crippen molar-refractivity contribution in [2.45, 2.75) is 6.42 Å². The smallest absolute Gasteiger partial charge is 0.304 e. The molecular formula is C4H7FO4S. The molecule has 10 heavy (non-hydrogen) atoms. The summed E-state index contributed by atoms with van der Waals surface area (Å²) in [4.78, 5) is 9.78. The molecule has 0 atom stereocenters. The lowest BCUT2D eigenvalue weighted by Gasteiger charge is -1.93. The molecule has 0 saturated carbocycles. The van der Waals surface area contributed by atoms with E-state index in [-0.39, 0.29) is 0 Å². The average Bonchev–Trinajstić information content (AvgIpc) is 1.85. The molecule has 0 bridgehead atoms. The zero-order chi connectivity index (χ0) is 8.20. The van der Waals surface area contributed by atoms with Crippen LogP contribution in [0.1, 0.15) is 6.42 Å². The highest BCUT2D eigenvalue weighted by Crippen LogP contribution is 1.93. The second-order valence-corrected chi connectivity index (χ2v) is 3.81. The van der Waals surface area contributed by atoms with Gasteiger partial charge in [-0.1, -0.05) is 0 Å². The number of carboxylic acids is 1. The van der Waals surface area contributed by atoms with E-state index in [0.29, 0.717) is 0 Å². The number of hydrogen-bond acceptors (Lipinski definition) is 3. The van der Waals surface area contributed by atoms with Crippen molar-refractivity contribution in [2.75, 3.05) is 11.8 Å². The molecule has 0 saturated heterocycles. The second-order valence-electron chi connectivity index (χ2n) is 1.70. The first kappa shape index (κ1) is 9.35. The van der Waals surface area contributed by atoms with Crippen molar-refractivity contribution in [2.24, 2.45) is 0 Å². The van der Waals surface area contributed by atoms with Crippen molar-refractivity contribution in [1.82, 2.24) is 0 Å². The molecule has 0 aromatic rings. The van der Waals surface area contributed by atoms with Gasteiger partial charge in [-0.25, -0.2) is 12.8 Å². The van der Waals surface area contributed by atoms with Gasteiger partial charge in [-0.3, -0.25) is 4.79 Å². The molecule has 4 nitrogen and oxygen atoms in total. The molecule has 0 aliphatic carbocycles. The standard InChI is InChI=1S/C4H7FO4S/c5-3-10(8,9)2-1-4(6)7/h1-3H2,(H,6,7). The Balaban J connectivity index is 3.81. The number of aliphatic carboxylic acids is 1. The van der Waals surface area contributed by atoms with Crippen LogP contribution in [-0.2, 0) is 14.6 Å². The van der Waals surface area contributed by atoms with Crippen LogP contribution in [-0.4, -0.2) is 31.3 Å². The summed E-state index contributed by atoms with van der Waals surface area (Å²) in [6, 6.07) is -1.49. The molecule has 0 aliphatic rings. The highest BCUT2D eigenvalue weighted by molar-refractivity contribution is 7.91. The van der Waals surface area contributed by atoms with Crippen LogP contribution in [0.3, 0.4) is 0 Å². The third-order valence-electron chi connectivity index (χ3n) is 0.793. The highest BCUT2D eigenvalue weighted by Gasteiger charge is 2.11. The lowest BCUT2D eigenvalue weighted by molar-refractivity contribution is -0.136. The average molecular weight is 170 g/mol. The molecule has 0 aromatic heterocycles. The molecule has 0 aromatic carbocycles. The van der Waals surface area contributed by atoms with Crippen LogP contribution < -0.4 is 0 Å². The van der Waals surface area contributed by atoms with Crippen molar-refractivity contribution >= 4 is 15.8 Å². The third kappa shape index (κ3) is 4.25. The van der Waals surface area contributed by atoms with E-state index in [1.807, 2.05) is 0 Å². The summed E-state index contributed by atoms with van der Waals surface area (Å²) in [5.41, 5.74) is 0. The number of hydrogen-bond donors (Lipinski definition) is 1. The third-order valence-corrected chi connectivity index (χ3v) is 1.95. The molecule has 0 fully saturated rings. The summed E-state index contributed by atoms with van der Waals surface area (Å²) in [7, 11) is -3.76. The Morgan fingerprint density at radius 2 is 2.00 bits per heavy atom. The lowest BCUT2D eigenvalue weighted by atomic mass is 10.5. The summed E-state index contributed by atoms with van der Waals surface area (Å²) in [6.07, 6.45) is -0.535. The minimum absolute atomic E-state index is 0.535. The van der Waals surface area contributed by atoms with Crippen molar-refractivity contribution in [1.29, 1.82) is 0 Å². The topological polar surface area (TPSA) is 71.4 Å². The maximum absolute atomic E-state index is 11.4. The number of carbonyl (C=O) groups is 1. The molecule has 60 valence electrons. The Labute approximate surface area is 57.6 Å². The summed E-state index contributed by atoms with van der Waals surface area (Å²) < 4.78 is 32.0. The van der Waals surface area contributed by atoms with Crippen LogP contribution in [0.2, 0.25) is 0 Å². The zero-order valence-corrected chi connectivity index (χ0v) is 5.90. The van der Waals surface area contributed by atoms with Gasteiger partial charge < -0.3 is 5.11 Å². The van der Waals surface area contributed by atoms with E-state index in [9.17, 15) is 17.6 Å². The largest absolute Gasteiger partial charge is 0.481 e. The van der Waals surface area contributed by atoms with Crippen LogP contribution >= 0.6 is 0 Å². The van der Waals surface area contributed by atoms with Crippen molar-refractivity contribution in [3.05, 3.63) is 0 Å². The number of carboxylic acid groups (broad SMARTS) is 1. The van der Waals surface area contributed by atoms with E-state index in [0.717, 1.165) is 0 Å². The van der Waals surface area contributed by atoms with Gasteiger partial charge in [0.1, 0.15) is 0 Å². The molecule has 6 heteroatoms. The van der Waals surface area contributed by atoms with Gasteiger partial charge in [0.2, 0.25) is 0 Å². The van der Waals surface area contributed by atoms with E-state index < -0.39 is 34.0 Å². The Kier molecular flexibility index (Phi) is 3.27. The first-order valence-corrected chi connectivity index (χ1v) is 4.28. The number of alkyl halides is 1. The predicted octanol–water partition coefficient (Wildman–Crippen LogP) is -0.197. The fourth-order valence-electron chi connectivity index (χ4n) is 0.297.